The molecule has 4 nitrogen and oxygen atoms in total. The molecule has 0 aliphatic carbocycles. The van der Waals surface area contributed by atoms with Gasteiger partial charge < -0.3 is 14.2 Å². The van der Waals surface area contributed by atoms with Gasteiger partial charge >= 0.3 is 5.97 Å². The van der Waals surface area contributed by atoms with E-state index in [-0.39, 0.29) is 18.4 Å². The van der Waals surface area contributed by atoms with E-state index in [9.17, 15) is 4.79 Å². The summed E-state index contributed by atoms with van der Waals surface area (Å²) >= 11 is 0. The lowest BCUT2D eigenvalue weighted by molar-refractivity contribution is -0.204. The Morgan fingerprint density at radius 3 is 2.89 bits per heavy atom. The first-order chi connectivity index (χ1) is 8.79. The van der Waals surface area contributed by atoms with Crippen molar-refractivity contribution in [2.75, 3.05) is 13.7 Å². The maximum atomic E-state index is 11.0. The summed E-state index contributed by atoms with van der Waals surface area (Å²) < 4.78 is 15.8. The lowest BCUT2D eigenvalue weighted by Crippen LogP contribution is -2.25. The summed E-state index contributed by atoms with van der Waals surface area (Å²) in [5, 5.41) is 0. The Kier molecular flexibility index (Phi) is 4.50. The van der Waals surface area contributed by atoms with Crippen molar-refractivity contribution >= 4 is 5.97 Å². The highest BCUT2D eigenvalue weighted by Crippen LogP contribution is 2.26. The minimum absolute atomic E-state index is 0.122. The van der Waals surface area contributed by atoms with E-state index < -0.39 is 0 Å². The second-order valence-corrected chi connectivity index (χ2v) is 3.96. The van der Waals surface area contributed by atoms with E-state index in [2.05, 4.69) is 4.74 Å². The molecule has 0 aromatic heterocycles. The number of carbonyl (C=O) groups is 1. The second kappa shape index (κ2) is 6.33. The predicted molar refractivity (Wildman–Crippen MR) is 65.8 cm³/mol. The zero-order chi connectivity index (χ0) is 12.8. The number of hydrogen-bond donors (Lipinski definition) is 0. The van der Waals surface area contributed by atoms with Crippen LogP contribution in [0.25, 0.3) is 0 Å². The van der Waals surface area contributed by atoms with Gasteiger partial charge in [-0.3, -0.25) is 0 Å². The highest BCUT2D eigenvalue weighted by molar-refractivity contribution is 5.81. The monoisotopic (exact) mass is 248 g/mol. The van der Waals surface area contributed by atoms with E-state index in [1.807, 2.05) is 30.3 Å². The fourth-order valence-electron chi connectivity index (χ4n) is 1.74. The maximum Gasteiger partial charge on any atom is 0.330 e. The molecule has 1 aliphatic heterocycles. The summed E-state index contributed by atoms with van der Waals surface area (Å²) in [5.41, 5.74) is 0.980. The van der Waals surface area contributed by atoms with Crippen LogP contribution in [0, 0.1) is 0 Å². The maximum absolute atomic E-state index is 11.0. The van der Waals surface area contributed by atoms with Crippen molar-refractivity contribution in [3.8, 4) is 0 Å². The number of esters is 1. The average Bonchev–Trinajstić information content (AvgIpc) is 2.46. The first-order valence-electron chi connectivity index (χ1n) is 5.88. The third kappa shape index (κ3) is 3.42. The number of carbonyl (C=O) groups excluding carboxylic acids is 1. The fourth-order valence-corrected chi connectivity index (χ4v) is 1.74. The smallest absolute Gasteiger partial charge is 0.330 e. The van der Waals surface area contributed by atoms with Crippen molar-refractivity contribution in [2.45, 2.75) is 18.8 Å². The van der Waals surface area contributed by atoms with Crippen LogP contribution in [0.2, 0.25) is 0 Å². The van der Waals surface area contributed by atoms with Gasteiger partial charge in [0.05, 0.1) is 19.8 Å². The van der Waals surface area contributed by atoms with Gasteiger partial charge in [-0.15, -0.1) is 0 Å². The molecule has 0 spiro atoms. The molecule has 0 saturated carbocycles. The van der Waals surface area contributed by atoms with Gasteiger partial charge in [-0.2, -0.15) is 0 Å². The molecule has 0 N–H and O–H groups in total. The molecule has 1 fully saturated rings. The van der Waals surface area contributed by atoms with Crippen LogP contribution in [0.3, 0.4) is 0 Å². The van der Waals surface area contributed by atoms with Crippen LogP contribution in [0.4, 0.5) is 0 Å². The van der Waals surface area contributed by atoms with Crippen LogP contribution in [0.15, 0.2) is 42.5 Å². The molecule has 1 saturated heterocycles. The number of rotatable bonds is 3. The van der Waals surface area contributed by atoms with Gasteiger partial charge in [-0.05, 0) is 6.08 Å². The summed E-state index contributed by atoms with van der Waals surface area (Å²) in [6.45, 7) is 0.607. The van der Waals surface area contributed by atoms with Crippen LogP contribution in [-0.4, -0.2) is 25.8 Å². The average molecular weight is 248 g/mol. The molecule has 1 aromatic carbocycles. The minimum atomic E-state index is -0.374. The third-order valence-corrected chi connectivity index (χ3v) is 2.69. The topological polar surface area (TPSA) is 44.8 Å². The Morgan fingerprint density at radius 1 is 1.39 bits per heavy atom. The quantitative estimate of drug-likeness (QED) is 0.607. The van der Waals surface area contributed by atoms with Crippen molar-refractivity contribution in [1.29, 1.82) is 0 Å². The Bertz CT molecular complexity index is 413. The van der Waals surface area contributed by atoms with Gasteiger partial charge in [-0.25, -0.2) is 4.79 Å². The predicted octanol–water partition coefficient (Wildman–Crippen LogP) is 2.22. The molecule has 4 heteroatoms. The lowest BCUT2D eigenvalue weighted by atomic mass is 10.1. The first-order valence-corrected chi connectivity index (χ1v) is 5.88. The zero-order valence-corrected chi connectivity index (χ0v) is 10.2. The van der Waals surface area contributed by atoms with Crippen molar-refractivity contribution < 1.29 is 19.0 Å². The first kappa shape index (κ1) is 12.8. The molecule has 96 valence electrons. The van der Waals surface area contributed by atoms with Crippen molar-refractivity contribution in [3.05, 3.63) is 48.0 Å². The van der Waals surface area contributed by atoms with Crippen LogP contribution in [0.1, 0.15) is 18.3 Å². The minimum Gasteiger partial charge on any atom is -0.466 e. The van der Waals surface area contributed by atoms with Gasteiger partial charge in [0.2, 0.25) is 0 Å². The molecule has 0 unspecified atom stereocenters. The molecule has 1 heterocycles. The third-order valence-electron chi connectivity index (χ3n) is 2.69. The van der Waals surface area contributed by atoms with Crippen LogP contribution >= 0.6 is 0 Å². The number of hydrogen-bond acceptors (Lipinski definition) is 4. The highest BCUT2D eigenvalue weighted by Gasteiger charge is 2.22. The van der Waals surface area contributed by atoms with Gasteiger partial charge in [0, 0.05) is 18.1 Å². The molecular formula is C14H16O4. The largest absolute Gasteiger partial charge is 0.466 e. The molecule has 2 rings (SSSR count). The molecule has 2 atom stereocenters. The second-order valence-electron chi connectivity index (χ2n) is 3.96. The van der Waals surface area contributed by atoms with E-state index in [1.165, 1.54) is 13.2 Å². The molecule has 1 aliphatic rings. The van der Waals surface area contributed by atoms with Crippen molar-refractivity contribution in [2.24, 2.45) is 0 Å². The fraction of sp³-hybridized carbons (Fsp3) is 0.357. The van der Waals surface area contributed by atoms with E-state index in [4.69, 9.17) is 9.47 Å². The molecule has 0 amide bonds. The van der Waals surface area contributed by atoms with Crippen LogP contribution < -0.4 is 0 Å². The summed E-state index contributed by atoms with van der Waals surface area (Å²) in [7, 11) is 1.35. The zero-order valence-electron chi connectivity index (χ0n) is 10.2. The van der Waals surface area contributed by atoms with E-state index >= 15 is 0 Å². The number of methoxy groups -OCH3 is 1. The van der Waals surface area contributed by atoms with Crippen LogP contribution in [-0.2, 0) is 19.0 Å². The molecular weight excluding hydrogens is 232 g/mol. The summed E-state index contributed by atoms with van der Waals surface area (Å²) in [4.78, 5) is 11.0. The Hall–Kier alpha value is -1.65. The normalized spacial score (nSPS) is 24.1. The SMILES string of the molecule is COC(=O)/C=C\[C@H]1CCO[C@@H](c2ccccc2)O1. The Balaban J connectivity index is 1.97. The van der Waals surface area contributed by atoms with E-state index in [0.29, 0.717) is 6.61 Å². The van der Waals surface area contributed by atoms with Gasteiger partial charge in [0.15, 0.2) is 6.29 Å². The summed E-state index contributed by atoms with van der Waals surface area (Å²) in [6.07, 6.45) is 3.34. The summed E-state index contributed by atoms with van der Waals surface area (Å²) in [6, 6.07) is 9.74. The summed E-state index contributed by atoms with van der Waals surface area (Å²) in [5.74, 6) is -0.374. The highest BCUT2D eigenvalue weighted by atomic mass is 16.7. The molecule has 0 radical (unpaired) electrons. The van der Waals surface area contributed by atoms with Crippen molar-refractivity contribution in [3.63, 3.8) is 0 Å². The van der Waals surface area contributed by atoms with Gasteiger partial charge in [-0.1, -0.05) is 30.3 Å². The van der Waals surface area contributed by atoms with Gasteiger partial charge in [0.25, 0.3) is 0 Å². The number of benzene rings is 1. The molecule has 0 bridgehead atoms. The standard InChI is InChI=1S/C14H16O4/c1-16-13(15)8-7-12-9-10-17-14(18-12)11-5-3-2-4-6-11/h2-8,12,14H,9-10H2,1H3/b8-7-/t12-,14+/m0/s1. The number of ether oxygens (including phenoxy) is 3. The lowest BCUT2D eigenvalue weighted by Gasteiger charge is -2.28. The van der Waals surface area contributed by atoms with Gasteiger partial charge in [0.1, 0.15) is 0 Å². The Labute approximate surface area is 106 Å². The van der Waals surface area contributed by atoms with Crippen molar-refractivity contribution in [1.82, 2.24) is 0 Å². The van der Waals surface area contributed by atoms with Crippen LogP contribution in [0.5, 0.6) is 0 Å². The van der Waals surface area contributed by atoms with E-state index in [0.717, 1.165) is 12.0 Å². The Morgan fingerprint density at radius 2 is 2.17 bits per heavy atom. The van der Waals surface area contributed by atoms with E-state index in [1.54, 1.807) is 6.08 Å². The molecule has 1 aromatic rings. The molecule has 18 heavy (non-hydrogen) atoms.